The number of hydrogen-bond acceptors (Lipinski definition) is 2. The van der Waals surface area contributed by atoms with Gasteiger partial charge in [0.2, 0.25) is 5.91 Å². The molecule has 0 saturated heterocycles. The predicted octanol–water partition coefficient (Wildman–Crippen LogP) is 0.872. The fourth-order valence-corrected chi connectivity index (χ4v) is 1.11. The van der Waals surface area contributed by atoms with Crippen LogP contribution in [0.1, 0.15) is 5.69 Å². The first-order valence-electron chi connectivity index (χ1n) is 3.08. The van der Waals surface area contributed by atoms with E-state index in [1.807, 2.05) is 6.07 Å². The van der Waals surface area contributed by atoms with Crippen LogP contribution in [0.5, 0.6) is 0 Å². The van der Waals surface area contributed by atoms with Crippen LogP contribution in [0.3, 0.4) is 0 Å². The fourth-order valence-electron chi connectivity index (χ4n) is 0.727. The molecule has 0 aliphatic heterocycles. The van der Waals surface area contributed by atoms with E-state index in [1.54, 1.807) is 12.1 Å². The minimum Gasteiger partial charge on any atom is -0.369 e. The van der Waals surface area contributed by atoms with Gasteiger partial charge in [-0.1, -0.05) is 6.07 Å². The summed E-state index contributed by atoms with van der Waals surface area (Å²) in [5.41, 5.74) is 5.67. The van der Waals surface area contributed by atoms with Gasteiger partial charge in [0.15, 0.2) is 0 Å². The van der Waals surface area contributed by atoms with Crippen LogP contribution in [0.15, 0.2) is 22.8 Å². The van der Waals surface area contributed by atoms with Gasteiger partial charge in [-0.2, -0.15) is 0 Å². The van der Waals surface area contributed by atoms with Gasteiger partial charge in [-0.25, -0.2) is 4.98 Å². The maximum atomic E-state index is 10.4. The average Bonchev–Trinajstić information content (AvgIpc) is 1.85. The summed E-state index contributed by atoms with van der Waals surface area (Å²) in [5.74, 6) is -0.365. The van der Waals surface area contributed by atoms with Crippen LogP contribution in [0, 0.1) is 0 Å². The topological polar surface area (TPSA) is 56.0 Å². The molecule has 0 aliphatic rings. The molecule has 0 aliphatic carbocycles. The number of carbonyl (C=O) groups is 1. The monoisotopic (exact) mass is 214 g/mol. The number of hydrogen-bond donors (Lipinski definition) is 1. The van der Waals surface area contributed by atoms with E-state index in [4.69, 9.17) is 5.73 Å². The van der Waals surface area contributed by atoms with Gasteiger partial charge in [0.25, 0.3) is 0 Å². The van der Waals surface area contributed by atoms with Gasteiger partial charge >= 0.3 is 0 Å². The molecule has 0 bridgehead atoms. The van der Waals surface area contributed by atoms with Gasteiger partial charge < -0.3 is 5.73 Å². The number of halogens is 1. The summed E-state index contributed by atoms with van der Waals surface area (Å²) in [4.78, 5) is 14.5. The zero-order chi connectivity index (χ0) is 8.27. The van der Waals surface area contributed by atoms with Crippen molar-refractivity contribution < 1.29 is 4.79 Å². The van der Waals surface area contributed by atoms with E-state index in [1.165, 1.54) is 0 Å². The van der Waals surface area contributed by atoms with Crippen molar-refractivity contribution in [2.45, 2.75) is 6.42 Å². The lowest BCUT2D eigenvalue weighted by Gasteiger charge is -1.95. The smallest absolute Gasteiger partial charge is 0.223 e. The molecule has 11 heavy (non-hydrogen) atoms. The second-order valence-electron chi connectivity index (χ2n) is 2.09. The quantitative estimate of drug-likeness (QED) is 0.744. The average molecular weight is 215 g/mol. The van der Waals surface area contributed by atoms with Gasteiger partial charge in [0.05, 0.1) is 12.1 Å². The van der Waals surface area contributed by atoms with Crippen LogP contribution in [-0.2, 0) is 11.2 Å². The van der Waals surface area contributed by atoms with Gasteiger partial charge in [0.1, 0.15) is 4.60 Å². The molecule has 3 nitrogen and oxygen atoms in total. The molecule has 1 rings (SSSR count). The predicted molar refractivity (Wildman–Crippen MR) is 44.8 cm³/mol. The van der Waals surface area contributed by atoms with Crippen molar-refractivity contribution in [3.8, 4) is 0 Å². The number of pyridine rings is 1. The van der Waals surface area contributed by atoms with Crippen molar-refractivity contribution in [3.05, 3.63) is 28.5 Å². The number of aromatic nitrogens is 1. The van der Waals surface area contributed by atoms with Gasteiger partial charge in [-0.05, 0) is 28.1 Å². The largest absolute Gasteiger partial charge is 0.369 e. The number of rotatable bonds is 2. The van der Waals surface area contributed by atoms with Crippen LogP contribution in [0.4, 0.5) is 0 Å². The number of nitrogens with zero attached hydrogens (tertiary/aromatic N) is 1. The molecule has 4 heteroatoms. The Morgan fingerprint density at radius 3 is 2.91 bits per heavy atom. The highest BCUT2D eigenvalue weighted by Crippen LogP contribution is 2.06. The highest BCUT2D eigenvalue weighted by atomic mass is 79.9. The number of primary amides is 1. The number of amides is 1. The first-order valence-corrected chi connectivity index (χ1v) is 3.87. The molecule has 0 fully saturated rings. The summed E-state index contributed by atoms with van der Waals surface area (Å²) < 4.78 is 0.719. The first-order chi connectivity index (χ1) is 5.18. The Labute approximate surface area is 72.7 Å². The third kappa shape index (κ3) is 2.67. The zero-order valence-electron chi connectivity index (χ0n) is 5.75. The van der Waals surface area contributed by atoms with E-state index < -0.39 is 0 Å². The van der Waals surface area contributed by atoms with Crippen LogP contribution < -0.4 is 5.73 Å². The Hall–Kier alpha value is -0.900. The summed E-state index contributed by atoms with van der Waals surface area (Å²) in [5, 5.41) is 0. The van der Waals surface area contributed by atoms with Crippen molar-refractivity contribution in [3.63, 3.8) is 0 Å². The van der Waals surface area contributed by atoms with E-state index in [2.05, 4.69) is 20.9 Å². The van der Waals surface area contributed by atoms with Crippen LogP contribution >= 0.6 is 15.9 Å². The highest BCUT2D eigenvalue weighted by Gasteiger charge is 1.98. The molecule has 0 aromatic carbocycles. The number of carbonyl (C=O) groups excluding carboxylic acids is 1. The maximum absolute atomic E-state index is 10.4. The Bertz CT molecular complexity index is 275. The summed E-state index contributed by atoms with van der Waals surface area (Å²) in [7, 11) is 0. The molecule has 0 unspecified atom stereocenters. The molecule has 0 radical (unpaired) electrons. The van der Waals surface area contributed by atoms with Gasteiger partial charge in [-0.3, -0.25) is 4.79 Å². The van der Waals surface area contributed by atoms with E-state index >= 15 is 0 Å². The van der Waals surface area contributed by atoms with Crippen LogP contribution in [-0.4, -0.2) is 10.9 Å². The normalized spacial score (nSPS) is 9.55. The van der Waals surface area contributed by atoms with Gasteiger partial charge in [-0.15, -0.1) is 0 Å². The maximum Gasteiger partial charge on any atom is 0.223 e. The molecule has 0 spiro atoms. The van der Waals surface area contributed by atoms with Crippen LogP contribution in [0.2, 0.25) is 0 Å². The van der Waals surface area contributed by atoms with Crippen molar-refractivity contribution >= 4 is 21.8 Å². The van der Waals surface area contributed by atoms with Crippen molar-refractivity contribution in [2.75, 3.05) is 0 Å². The minimum absolute atomic E-state index is 0.194. The second kappa shape index (κ2) is 3.48. The minimum atomic E-state index is -0.365. The lowest BCUT2D eigenvalue weighted by atomic mass is 10.3. The molecular weight excluding hydrogens is 208 g/mol. The SMILES string of the molecule is NC(=O)Cc1cccc(Br)n1. The molecule has 1 aromatic heterocycles. The molecule has 0 saturated carbocycles. The molecular formula is C7H7BrN2O. The Morgan fingerprint density at radius 1 is 1.64 bits per heavy atom. The Balaban J connectivity index is 2.79. The molecule has 1 heterocycles. The van der Waals surface area contributed by atoms with Crippen LogP contribution in [0.25, 0.3) is 0 Å². The lowest BCUT2D eigenvalue weighted by Crippen LogP contribution is -2.14. The van der Waals surface area contributed by atoms with Gasteiger partial charge in [0, 0.05) is 0 Å². The van der Waals surface area contributed by atoms with E-state index in [9.17, 15) is 4.79 Å². The first kappa shape index (κ1) is 8.20. The molecule has 0 atom stereocenters. The summed E-state index contributed by atoms with van der Waals surface area (Å²) >= 11 is 3.19. The van der Waals surface area contributed by atoms with E-state index in [0.717, 1.165) is 4.60 Å². The zero-order valence-corrected chi connectivity index (χ0v) is 7.34. The highest BCUT2D eigenvalue weighted by molar-refractivity contribution is 9.10. The van der Waals surface area contributed by atoms with Crippen molar-refractivity contribution in [1.29, 1.82) is 0 Å². The summed E-state index contributed by atoms with van der Waals surface area (Å²) in [6.07, 6.45) is 0.194. The third-order valence-electron chi connectivity index (χ3n) is 1.13. The number of nitrogens with two attached hydrogens (primary N) is 1. The molecule has 1 amide bonds. The molecule has 1 aromatic rings. The van der Waals surface area contributed by atoms with E-state index in [-0.39, 0.29) is 12.3 Å². The molecule has 2 N–H and O–H groups in total. The molecule has 58 valence electrons. The standard InChI is InChI=1S/C7H7BrN2O/c8-6-3-1-2-5(10-6)4-7(9)11/h1-3H,4H2,(H2,9,11). The Morgan fingerprint density at radius 2 is 2.36 bits per heavy atom. The summed E-state index contributed by atoms with van der Waals surface area (Å²) in [6.45, 7) is 0. The second-order valence-corrected chi connectivity index (χ2v) is 2.91. The Kier molecular flexibility index (Phi) is 2.59. The van der Waals surface area contributed by atoms with E-state index in [0.29, 0.717) is 5.69 Å². The summed E-state index contributed by atoms with van der Waals surface area (Å²) in [6, 6.07) is 5.37. The van der Waals surface area contributed by atoms with Crippen molar-refractivity contribution in [2.24, 2.45) is 5.73 Å². The lowest BCUT2D eigenvalue weighted by molar-refractivity contribution is -0.117. The third-order valence-corrected chi connectivity index (χ3v) is 1.57. The van der Waals surface area contributed by atoms with Crippen molar-refractivity contribution in [1.82, 2.24) is 4.98 Å². The fraction of sp³-hybridized carbons (Fsp3) is 0.143.